The summed E-state index contributed by atoms with van der Waals surface area (Å²) in [5, 5.41) is 17.6. The van der Waals surface area contributed by atoms with Gasteiger partial charge in [-0.1, -0.05) is 0 Å². The molecule has 0 saturated heterocycles. The maximum atomic E-state index is 12.1. The zero-order valence-corrected chi connectivity index (χ0v) is 9.25. The van der Waals surface area contributed by atoms with Gasteiger partial charge in [0.05, 0.1) is 6.42 Å². The Hall–Kier alpha value is -2.01. The number of carbonyl (C=O) groups excluding carboxylic acids is 1. The molecule has 20 heavy (non-hydrogen) atoms. The number of carboxylic acid groups (broad SMARTS) is 2. The molecule has 0 bridgehead atoms. The van der Waals surface area contributed by atoms with E-state index in [1.54, 1.807) is 0 Å². The summed E-state index contributed by atoms with van der Waals surface area (Å²) in [5.41, 5.74) is 0. The maximum absolute atomic E-state index is 12.1. The van der Waals surface area contributed by atoms with Gasteiger partial charge in [-0.15, -0.1) is 0 Å². The zero-order valence-electron chi connectivity index (χ0n) is 9.25. The van der Waals surface area contributed by atoms with Crippen molar-refractivity contribution in [3.05, 3.63) is 0 Å². The Morgan fingerprint density at radius 2 is 1.35 bits per heavy atom. The van der Waals surface area contributed by atoms with Crippen molar-refractivity contribution in [1.82, 2.24) is 5.32 Å². The summed E-state index contributed by atoms with van der Waals surface area (Å²) in [5.74, 6) is -11.0. The molecule has 0 aliphatic heterocycles. The van der Waals surface area contributed by atoms with E-state index in [0.717, 1.165) is 5.32 Å². The highest BCUT2D eigenvalue weighted by molar-refractivity contribution is 5.88. The molecule has 0 unspecified atom stereocenters. The smallest absolute Gasteiger partial charge is 0.409 e. The van der Waals surface area contributed by atoms with Gasteiger partial charge in [0.25, 0.3) is 0 Å². The van der Waals surface area contributed by atoms with Crippen molar-refractivity contribution in [2.75, 3.05) is 0 Å². The predicted molar refractivity (Wildman–Crippen MR) is 47.4 cm³/mol. The van der Waals surface area contributed by atoms with Crippen molar-refractivity contribution in [2.24, 2.45) is 5.92 Å². The number of rotatable bonds is 5. The van der Waals surface area contributed by atoms with Gasteiger partial charge in [-0.3, -0.25) is 9.59 Å². The average molecular weight is 311 g/mol. The molecule has 0 rings (SSSR count). The fraction of sp³-hybridized carbons (Fsp3) is 0.625. The van der Waals surface area contributed by atoms with E-state index in [4.69, 9.17) is 10.2 Å². The molecule has 12 heteroatoms. The standard InChI is InChI=1S/C8H7F6NO5/c9-7(10,11)4(8(12,13)14)5(18)15-2(6(19)20)1-3(16)17/h2,4H,1H2,(H,15,18)(H,16,17)(H,19,20)/t2-/m0/s1. The van der Waals surface area contributed by atoms with E-state index in [0.29, 0.717) is 0 Å². The van der Waals surface area contributed by atoms with Crippen LogP contribution in [0.3, 0.4) is 0 Å². The molecule has 0 aliphatic rings. The summed E-state index contributed by atoms with van der Waals surface area (Å²) in [6, 6.07) is -2.41. The predicted octanol–water partition coefficient (Wildman–Crippen LogP) is 0.771. The van der Waals surface area contributed by atoms with Gasteiger partial charge in [0.15, 0.2) is 0 Å². The monoisotopic (exact) mass is 311 g/mol. The molecular weight excluding hydrogens is 304 g/mol. The normalized spacial score (nSPS) is 13.9. The zero-order chi connectivity index (χ0) is 16.3. The van der Waals surface area contributed by atoms with E-state index in [1.807, 2.05) is 0 Å². The second-order valence-electron chi connectivity index (χ2n) is 3.51. The third-order valence-corrected chi connectivity index (χ3v) is 1.91. The highest BCUT2D eigenvalue weighted by Crippen LogP contribution is 2.39. The van der Waals surface area contributed by atoms with Crippen molar-refractivity contribution in [3.8, 4) is 0 Å². The molecule has 0 saturated carbocycles. The fourth-order valence-corrected chi connectivity index (χ4v) is 1.11. The van der Waals surface area contributed by atoms with Crippen LogP contribution in [0.15, 0.2) is 0 Å². The summed E-state index contributed by atoms with van der Waals surface area (Å²) in [6.07, 6.45) is -13.4. The van der Waals surface area contributed by atoms with Crippen molar-refractivity contribution in [3.63, 3.8) is 0 Å². The lowest BCUT2D eigenvalue weighted by atomic mass is 10.1. The van der Waals surface area contributed by atoms with Gasteiger partial charge in [0.2, 0.25) is 11.8 Å². The Morgan fingerprint density at radius 3 is 1.60 bits per heavy atom. The Bertz CT molecular complexity index is 389. The Morgan fingerprint density at radius 1 is 0.950 bits per heavy atom. The van der Waals surface area contributed by atoms with Crippen molar-refractivity contribution < 1.29 is 50.9 Å². The molecule has 1 atom stereocenters. The minimum absolute atomic E-state index is 0.902. The molecule has 0 radical (unpaired) electrons. The van der Waals surface area contributed by atoms with Gasteiger partial charge in [-0.05, 0) is 0 Å². The number of nitrogens with one attached hydrogen (secondary N) is 1. The first-order valence-electron chi connectivity index (χ1n) is 4.65. The van der Waals surface area contributed by atoms with E-state index < -0.39 is 48.6 Å². The Labute approximate surface area is 106 Å². The summed E-state index contributed by atoms with van der Waals surface area (Å²) in [7, 11) is 0. The lowest BCUT2D eigenvalue weighted by Crippen LogP contribution is -2.52. The molecule has 0 aliphatic carbocycles. The molecule has 0 fully saturated rings. The molecule has 0 heterocycles. The van der Waals surface area contributed by atoms with Crippen LogP contribution in [0.2, 0.25) is 0 Å². The lowest BCUT2D eigenvalue weighted by Gasteiger charge is -2.23. The van der Waals surface area contributed by atoms with E-state index in [2.05, 4.69) is 0 Å². The van der Waals surface area contributed by atoms with Crippen LogP contribution >= 0.6 is 0 Å². The second-order valence-corrected chi connectivity index (χ2v) is 3.51. The number of carboxylic acids is 2. The quantitative estimate of drug-likeness (QED) is 0.651. The molecule has 0 aromatic heterocycles. The molecule has 6 nitrogen and oxygen atoms in total. The van der Waals surface area contributed by atoms with E-state index in [1.165, 1.54) is 0 Å². The minimum Gasteiger partial charge on any atom is -0.481 e. The van der Waals surface area contributed by atoms with Crippen LogP contribution in [0.4, 0.5) is 26.3 Å². The van der Waals surface area contributed by atoms with Gasteiger partial charge in [-0.2, -0.15) is 26.3 Å². The number of halogens is 6. The van der Waals surface area contributed by atoms with E-state index in [-0.39, 0.29) is 0 Å². The first kappa shape index (κ1) is 18.0. The fourth-order valence-electron chi connectivity index (χ4n) is 1.11. The molecular formula is C8H7F6NO5. The first-order chi connectivity index (χ1) is 8.76. The van der Waals surface area contributed by atoms with Crippen LogP contribution in [-0.4, -0.2) is 46.5 Å². The maximum Gasteiger partial charge on any atom is 0.409 e. The van der Waals surface area contributed by atoms with Crippen LogP contribution in [0.5, 0.6) is 0 Å². The van der Waals surface area contributed by atoms with Crippen LogP contribution in [0.1, 0.15) is 6.42 Å². The number of alkyl halides is 6. The van der Waals surface area contributed by atoms with Crippen molar-refractivity contribution in [1.29, 1.82) is 0 Å². The SMILES string of the molecule is O=C(O)C[C@H](NC(=O)C(C(F)(F)F)C(F)(F)F)C(=O)O. The van der Waals surface area contributed by atoms with Gasteiger partial charge in [0, 0.05) is 0 Å². The van der Waals surface area contributed by atoms with Gasteiger partial charge in [-0.25, -0.2) is 4.79 Å². The lowest BCUT2D eigenvalue weighted by molar-refractivity contribution is -0.274. The summed E-state index contributed by atoms with van der Waals surface area (Å²) in [6.45, 7) is 0. The average Bonchev–Trinajstić information content (AvgIpc) is 2.09. The summed E-state index contributed by atoms with van der Waals surface area (Å²) < 4.78 is 72.8. The number of hydrogen-bond acceptors (Lipinski definition) is 3. The summed E-state index contributed by atoms with van der Waals surface area (Å²) in [4.78, 5) is 31.6. The molecule has 1 amide bonds. The molecule has 0 aromatic rings. The molecule has 0 aromatic carbocycles. The minimum atomic E-state index is -5.99. The third-order valence-electron chi connectivity index (χ3n) is 1.91. The molecule has 0 spiro atoms. The Kier molecular flexibility index (Phi) is 5.36. The van der Waals surface area contributed by atoms with Crippen LogP contribution in [0, 0.1) is 5.92 Å². The van der Waals surface area contributed by atoms with Crippen LogP contribution in [-0.2, 0) is 14.4 Å². The van der Waals surface area contributed by atoms with Crippen LogP contribution < -0.4 is 5.32 Å². The Balaban J connectivity index is 5.19. The molecule has 116 valence electrons. The van der Waals surface area contributed by atoms with Gasteiger partial charge < -0.3 is 15.5 Å². The summed E-state index contributed by atoms with van der Waals surface area (Å²) >= 11 is 0. The van der Waals surface area contributed by atoms with Gasteiger partial charge in [0.1, 0.15) is 6.04 Å². The number of amides is 1. The first-order valence-corrected chi connectivity index (χ1v) is 4.65. The van der Waals surface area contributed by atoms with Crippen molar-refractivity contribution in [2.45, 2.75) is 24.8 Å². The van der Waals surface area contributed by atoms with Crippen LogP contribution in [0.25, 0.3) is 0 Å². The second kappa shape index (κ2) is 5.96. The largest absolute Gasteiger partial charge is 0.481 e. The topological polar surface area (TPSA) is 104 Å². The van der Waals surface area contributed by atoms with E-state index in [9.17, 15) is 40.7 Å². The number of aliphatic carboxylic acids is 2. The molecule has 3 N–H and O–H groups in total. The van der Waals surface area contributed by atoms with E-state index >= 15 is 0 Å². The van der Waals surface area contributed by atoms with Crippen molar-refractivity contribution >= 4 is 17.8 Å². The van der Waals surface area contributed by atoms with Gasteiger partial charge >= 0.3 is 24.3 Å². The number of carbonyl (C=O) groups is 3. The highest BCUT2D eigenvalue weighted by atomic mass is 19.4. The number of hydrogen-bond donors (Lipinski definition) is 3. The highest BCUT2D eigenvalue weighted by Gasteiger charge is 2.61. The third kappa shape index (κ3) is 5.32.